The quantitative estimate of drug-likeness (QED) is 0.873. The van der Waals surface area contributed by atoms with Crippen LogP contribution >= 0.6 is 34.5 Å². The highest BCUT2D eigenvalue weighted by Crippen LogP contribution is 2.42. The van der Waals surface area contributed by atoms with E-state index in [1.807, 2.05) is 0 Å². The smallest absolute Gasteiger partial charge is 0.266 e. The molecule has 1 N–H and O–H groups in total. The van der Waals surface area contributed by atoms with E-state index >= 15 is 0 Å². The number of anilines is 1. The van der Waals surface area contributed by atoms with Crippen LogP contribution in [0.5, 0.6) is 5.75 Å². The maximum Gasteiger partial charge on any atom is 0.266 e. The molecule has 3 rings (SSSR count). The summed E-state index contributed by atoms with van der Waals surface area (Å²) in [5, 5.41) is 13.1. The number of nitrogens with zero attached hydrogens (tertiary/aromatic N) is 2. The number of rotatable bonds is 5. The van der Waals surface area contributed by atoms with Gasteiger partial charge in [0.05, 0.1) is 5.02 Å². The van der Waals surface area contributed by atoms with Crippen LogP contribution in [0.15, 0.2) is 18.2 Å². The van der Waals surface area contributed by atoms with Crippen molar-refractivity contribution >= 4 is 45.6 Å². The summed E-state index contributed by atoms with van der Waals surface area (Å²) in [7, 11) is 0. The van der Waals surface area contributed by atoms with Gasteiger partial charge in [-0.25, -0.2) is 0 Å². The average molecular weight is 358 g/mol. The Hall–Kier alpha value is -1.37. The Morgan fingerprint density at radius 1 is 1.41 bits per heavy atom. The SMILES string of the molecule is C[C@@H](Oc1ccc(Cl)cc1Cl)C(=O)Nc1nnc(C2CC2)s1. The highest BCUT2D eigenvalue weighted by atomic mass is 35.5. The van der Waals surface area contributed by atoms with Crippen molar-refractivity contribution in [1.29, 1.82) is 0 Å². The number of hydrogen-bond donors (Lipinski definition) is 1. The molecule has 1 amide bonds. The van der Waals surface area contributed by atoms with Gasteiger partial charge < -0.3 is 4.74 Å². The number of ether oxygens (including phenoxy) is 1. The molecule has 1 heterocycles. The zero-order chi connectivity index (χ0) is 15.7. The minimum Gasteiger partial charge on any atom is -0.479 e. The first-order valence-corrected chi connectivity index (χ1v) is 8.36. The molecule has 1 saturated carbocycles. The van der Waals surface area contributed by atoms with Gasteiger partial charge in [-0.3, -0.25) is 10.1 Å². The van der Waals surface area contributed by atoms with Crippen molar-refractivity contribution in [2.75, 3.05) is 5.32 Å². The van der Waals surface area contributed by atoms with Crippen LogP contribution in [0.1, 0.15) is 30.7 Å². The van der Waals surface area contributed by atoms with Crippen LogP contribution in [0, 0.1) is 0 Å². The van der Waals surface area contributed by atoms with E-state index in [-0.39, 0.29) is 5.91 Å². The van der Waals surface area contributed by atoms with Gasteiger partial charge in [0.2, 0.25) is 5.13 Å². The van der Waals surface area contributed by atoms with Crippen LogP contribution in [-0.4, -0.2) is 22.2 Å². The summed E-state index contributed by atoms with van der Waals surface area (Å²) in [6, 6.07) is 4.85. The van der Waals surface area contributed by atoms with Gasteiger partial charge in [-0.05, 0) is 38.0 Å². The molecule has 116 valence electrons. The fourth-order valence-corrected chi connectivity index (χ4v) is 3.17. The molecule has 1 fully saturated rings. The van der Waals surface area contributed by atoms with Crippen LogP contribution in [-0.2, 0) is 4.79 Å². The molecule has 1 aliphatic carbocycles. The molecular weight excluding hydrogens is 345 g/mol. The van der Waals surface area contributed by atoms with Crippen LogP contribution in [0.3, 0.4) is 0 Å². The van der Waals surface area contributed by atoms with Crippen molar-refractivity contribution in [3.8, 4) is 5.75 Å². The average Bonchev–Trinajstić information content (AvgIpc) is 3.22. The first kappa shape index (κ1) is 15.5. The van der Waals surface area contributed by atoms with Gasteiger partial charge in [0.15, 0.2) is 6.10 Å². The van der Waals surface area contributed by atoms with E-state index in [1.165, 1.54) is 11.3 Å². The molecule has 1 aromatic heterocycles. The summed E-state index contributed by atoms with van der Waals surface area (Å²) in [6.45, 7) is 1.64. The van der Waals surface area contributed by atoms with Crippen molar-refractivity contribution < 1.29 is 9.53 Å². The first-order chi connectivity index (χ1) is 10.5. The second-order valence-electron chi connectivity index (χ2n) is 5.04. The molecule has 2 aromatic rings. The highest BCUT2D eigenvalue weighted by molar-refractivity contribution is 7.15. The van der Waals surface area contributed by atoms with E-state index in [1.54, 1.807) is 25.1 Å². The number of amides is 1. The molecule has 8 heteroatoms. The van der Waals surface area contributed by atoms with Crippen molar-refractivity contribution in [3.05, 3.63) is 33.3 Å². The summed E-state index contributed by atoms with van der Waals surface area (Å²) in [5.41, 5.74) is 0. The standard InChI is InChI=1S/C14H13Cl2N3O2S/c1-7(21-11-5-4-9(15)6-10(11)16)12(20)17-14-19-18-13(22-14)8-2-3-8/h4-8H,2-3H2,1H3,(H,17,19,20)/t7-/m1/s1. The largest absolute Gasteiger partial charge is 0.479 e. The summed E-state index contributed by atoms with van der Waals surface area (Å²) in [5.74, 6) is 0.624. The Kier molecular flexibility index (Phi) is 4.52. The van der Waals surface area contributed by atoms with E-state index in [0.717, 1.165) is 17.8 Å². The van der Waals surface area contributed by atoms with E-state index < -0.39 is 6.10 Å². The van der Waals surface area contributed by atoms with Gasteiger partial charge in [0.1, 0.15) is 10.8 Å². The number of nitrogens with one attached hydrogen (secondary N) is 1. The lowest BCUT2D eigenvalue weighted by Crippen LogP contribution is -2.30. The Morgan fingerprint density at radius 2 is 2.18 bits per heavy atom. The van der Waals surface area contributed by atoms with Crippen molar-refractivity contribution in [2.24, 2.45) is 0 Å². The van der Waals surface area contributed by atoms with Crippen LogP contribution < -0.4 is 10.1 Å². The van der Waals surface area contributed by atoms with Crippen molar-refractivity contribution in [3.63, 3.8) is 0 Å². The summed E-state index contributed by atoms with van der Waals surface area (Å²) in [6.07, 6.45) is 1.58. The summed E-state index contributed by atoms with van der Waals surface area (Å²) < 4.78 is 5.55. The Balaban J connectivity index is 1.60. The molecule has 1 aromatic carbocycles. The number of hydrogen-bond acceptors (Lipinski definition) is 5. The third kappa shape index (κ3) is 3.69. The van der Waals surface area contributed by atoms with Crippen LogP contribution in [0.25, 0.3) is 0 Å². The molecule has 1 atom stereocenters. The maximum absolute atomic E-state index is 12.1. The zero-order valence-corrected chi connectivity index (χ0v) is 14.0. The lowest BCUT2D eigenvalue weighted by molar-refractivity contribution is -0.122. The normalized spacial score (nSPS) is 15.4. The fraction of sp³-hybridized carbons (Fsp3) is 0.357. The van der Waals surface area contributed by atoms with Gasteiger partial charge in [-0.15, -0.1) is 10.2 Å². The van der Waals surface area contributed by atoms with E-state index in [4.69, 9.17) is 27.9 Å². The minimum atomic E-state index is -0.716. The van der Waals surface area contributed by atoms with Gasteiger partial charge >= 0.3 is 0 Å². The molecule has 22 heavy (non-hydrogen) atoms. The monoisotopic (exact) mass is 357 g/mol. The fourth-order valence-electron chi connectivity index (χ4n) is 1.80. The predicted octanol–water partition coefficient (Wildman–Crippen LogP) is 4.13. The minimum absolute atomic E-state index is 0.301. The molecule has 5 nitrogen and oxygen atoms in total. The lowest BCUT2D eigenvalue weighted by Gasteiger charge is -2.14. The molecule has 0 spiro atoms. The van der Waals surface area contributed by atoms with E-state index in [2.05, 4.69) is 15.5 Å². The zero-order valence-electron chi connectivity index (χ0n) is 11.7. The second kappa shape index (κ2) is 6.40. The lowest BCUT2D eigenvalue weighted by atomic mass is 10.3. The van der Waals surface area contributed by atoms with Crippen molar-refractivity contribution in [2.45, 2.75) is 31.8 Å². The number of carbonyl (C=O) groups is 1. The van der Waals surface area contributed by atoms with Crippen LogP contribution in [0.2, 0.25) is 10.0 Å². The Morgan fingerprint density at radius 3 is 2.86 bits per heavy atom. The number of benzene rings is 1. The van der Waals surface area contributed by atoms with Gasteiger partial charge in [0, 0.05) is 10.9 Å². The predicted molar refractivity (Wildman–Crippen MR) is 87.1 cm³/mol. The summed E-state index contributed by atoms with van der Waals surface area (Å²) >= 11 is 13.3. The van der Waals surface area contributed by atoms with Crippen LogP contribution in [0.4, 0.5) is 5.13 Å². The van der Waals surface area contributed by atoms with Gasteiger partial charge in [-0.2, -0.15) is 0 Å². The third-order valence-corrected chi connectivity index (χ3v) is 4.70. The highest BCUT2D eigenvalue weighted by Gasteiger charge is 2.28. The first-order valence-electron chi connectivity index (χ1n) is 6.79. The molecular formula is C14H13Cl2N3O2S. The summed E-state index contributed by atoms with van der Waals surface area (Å²) in [4.78, 5) is 12.1. The molecule has 0 unspecified atom stereocenters. The van der Waals surface area contributed by atoms with Crippen molar-refractivity contribution in [1.82, 2.24) is 10.2 Å². The maximum atomic E-state index is 12.1. The van der Waals surface area contributed by atoms with E-state index in [0.29, 0.717) is 26.8 Å². The van der Waals surface area contributed by atoms with Gasteiger partial charge in [0.25, 0.3) is 5.91 Å². The third-order valence-electron chi connectivity index (χ3n) is 3.16. The molecule has 0 saturated heterocycles. The topological polar surface area (TPSA) is 64.1 Å². The van der Waals surface area contributed by atoms with E-state index in [9.17, 15) is 4.79 Å². The molecule has 1 aliphatic rings. The molecule has 0 radical (unpaired) electrons. The molecule has 0 aliphatic heterocycles. The number of carbonyl (C=O) groups excluding carboxylic acids is 1. The second-order valence-corrected chi connectivity index (χ2v) is 6.90. The number of halogens is 2. The molecule has 0 bridgehead atoms. The Labute approximate surface area is 141 Å². The van der Waals surface area contributed by atoms with Gasteiger partial charge in [-0.1, -0.05) is 34.5 Å². The number of aromatic nitrogens is 2. The Bertz CT molecular complexity index is 703.